The number of carbonyl (C=O) groups excluding carboxylic acids is 1. The molecule has 0 amide bonds. The lowest BCUT2D eigenvalue weighted by atomic mass is 9.85. The Morgan fingerprint density at radius 1 is 1.19 bits per heavy atom. The van der Waals surface area contributed by atoms with Crippen molar-refractivity contribution in [2.45, 2.75) is 45.4 Å². The molecular weight excluding hydrogens is 240 g/mol. The average Bonchev–Trinajstić information content (AvgIpc) is 1.93. The number of hydrogen-bond donors (Lipinski definition) is 0. The zero-order chi connectivity index (χ0) is 13.2. The van der Waals surface area contributed by atoms with Gasteiger partial charge in [0.05, 0.1) is 5.16 Å². The van der Waals surface area contributed by atoms with E-state index >= 15 is 0 Å². The molecule has 0 N–H and O–H groups in total. The van der Waals surface area contributed by atoms with Gasteiger partial charge in [-0.1, -0.05) is 20.8 Å². The van der Waals surface area contributed by atoms with Crippen LogP contribution in [0, 0.1) is 5.41 Å². The minimum absolute atomic E-state index is 0.159. The van der Waals surface area contributed by atoms with Gasteiger partial charge in [-0.3, -0.25) is 4.79 Å². The second kappa shape index (κ2) is 4.91. The standard InChI is InChI=1S/C10H18F3O2P/c1-8(2,3)5-9(4,16)7(14)15-6-10(11,12)13/h5-6,16H2,1-4H3. The Labute approximate surface area is 96.1 Å². The number of esters is 1. The van der Waals surface area contributed by atoms with Gasteiger partial charge < -0.3 is 4.74 Å². The first kappa shape index (κ1) is 15.7. The topological polar surface area (TPSA) is 26.3 Å². The van der Waals surface area contributed by atoms with Crippen molar-refractivity contribution in [2.24, 2.45) is 5.41 Å². The molecule has 0 saturated carbocycles. The molecule has 0 aromatic heterocycles. The molecule has 0 saturated heterocycles. The van der Waals surface area contributed by atoms with Gasteiger partial charge in [-0.05, 0) is 18.8 Å². The van der Waals surface area contributed by atoms with Crippen LogP contribution in [0.15, 0.2) is 0 Å². The molecule has 0 bridgehead atoms. The van der Waals surface area contributed by atoms with Crippen LogP contribution in [0.25, 0.3) is 0 Å². The van der Waals surface area contributed by atoms with Gasteiger partial charge in [0.1, 0.15) is 0 Å². The van der Waals surface area contributed by atoms with Crippen LogP contribution >= 0.6 is 9.24 Å². The maximum absolute atomic E-state index is 11.9. The molecular formula is C10H18F3O2P. The molecule has 0 aliphatic heterocycles. The van der Waals surface area contributed by atoms with E-state index in [1.807, 2.05) is 20.8 Å². The van der Waals surface area contributed by atoms with Crippen molar-refractivity contribution < 1.29 is 22.7 Å². The highest BCUT2D eigenvalue weighted by molar-refractivity contribution is 7.20. The lowest BCUT2D eigenvalue weighted by molar-refractivity contribution is -0.188. The summed E-state index contributed by atoms with van der Waals surface area (Å²) in [7, 11) is 2.27. The summed E-state index contributed by atoms with van der Waals surface area (Å²) in [6.07, 6.45) is -4.04. The van der Waals surface area contributed by atoms with Crippen LogP contribution in [-0.2, 0) is 9.53 Å². The van der Waals surface area contributed by atoms with E-state index in [0.29, 0.717) is 6.42 Å². The van der Waals surface area contributed by atoms with E-state index in [1.165, 1.54) is 0 Å². The molecule has 0 heterocycles. The number of ether oxygens (including phenoxy) is 1. The Morgan fingerprint density at radius 2 is 1.62 bits per heavy atom. The first-order chi connectivity index (χ1) is 6.83. The molecule has 0 aliphatic rings. The van der Waals surface area contributed by atoms with Crippen molar-refractivity contribution in [2.75, 3.05) is 6.61 Å². The third-order valence-corrected chi connectivity index (χ3v) is 2.17. The zero-order valence-electron chi connectivity index (χ0n) is 9.94. The number of rotatable bonds is 3. The van der Waals surface area contributed by atoms with Gasteiger partial charge in [0.2, 0.25) is 0 Å². The van der Waals surface area contributed by atoms with Crippen LogP contribution < -0.4 is 0 Å². The lowest BCUT2D eigenvalue weighted by Gasteiger charge is -2.30. The Bertz CT molecular complexity index is 254. The van der Waals surface area contributed by atoms with E-state index in [4.69, 9.17) is 0 Å². The summed E-state index contributed by atoms with van der Waals surface area (Å²) in [5.41, 5.74) is -0.159. The summed E-state index contributed by atoms with van der Waals surface area (Å²) >= 11 is 0. The molecule has 2 nitrogen and oxygen atoms in total. The number of hydrogen-bond acceptors (Lipinski definition) is 2. The van der Waals surface area contributed by atoms with Crippen molar-refractivity contribution in [1.82, 2.24) is 0 Å². The molecule has 2 unspecified atom stereocenters. The van der Waals surface area contributed by atoms with Crippen molar-refractivity contribution in [3.8, 4) is 0 Å². The minimum Gasteiger partial charge on any atom is -0.455 e. The van der Waals surface area contributed by atoms with E-state index in [0.717, 1.165) is 0 Å². The van der Waals surface area contributed by atoms with Crippen molar-refractivity contribution in [3.63, 3.8) is 0 Å². The Kier molecular flexibility index (Phi) is 4.81. The summed E-state index contributed by atoms with van der Waals surface area (Å²) in [5, 5.41) is -0.983. The number of carbonyl (C=O) groups is 1. The summed E-state index contributed by atoms with van der Waals surface area (Å²) in [6, 6.07) is 0. The van der Waals surface area contributed by atoms with Gasteiger partial charge in [0, 0.05) is 0 Å². The number of halogens is 3. The van der Waals surface area contributed by atoms with E-state index < -0.39 is 23.9 Å². The molecule has 96 valence electrons. The van der Waals surface area contributed by atoms with E-state index in [9.17, 15) is 18.0 Å². The summed E-state index contributed by atoms with van der Waals surface area (Å²) < 4.78 is 39.8. The van der Waals surface area contributed by atoms with Crippen molar-refractivity contribution in [3.05, 3.63) is 0 Å². The number of alkyl halides is 3. The van der Waals surface area contributed by atoms with Crippen LogP contribution in [0.1, 0.15) is 34.1 Å². The van der Waals surface area contributed by atoms with Crippen LogP contribution in [0.5, 0.6) is 0 Å². The van der Waals surface area contributed by atoms with Crippen LogP contribution in [-0.4, -0.2) is 23.9 Å². The summed E-state index contributed by atoms with van der Waals surface area (Å²) in [4.78, 5) is 11.4. The third kappa shape index (κ3) is 7.04. The lowest BCUT2D eigenvalue weighted by Crippen LogP contribution is -2.36. The molecule has 0 aliphatic carbocycles. The fourth-order valence-corrected chi connectivity index (χ4v) is 2.18. The SMILES string of the molecule is CC(C)(C)CC(C)(P)C(=O)OCC(F)(F)F. The highest BCUT2D eigenvalue weighted by Gasteiger charge is 2.37. The maximum atomic E-state index is 11.9. The third-order valence-electron chi connectivity index (χ3n) is 1.73. The molecule has 0 aromatic carbocycles. The van der Waals surface area contributed by atoms with Gasteiger partial charge in [0.15, 0.2) is 6.61 Å². The van der Waals surface area contributed by atoms with Crippen LogP contribution in [0.4, 0.5) is 13.2 Å². The van der Waals surface area contributed by atoms with E-state index in [-0.39, 0.29) is 5.41 Å². The van der Waals surface area contributed by atoms with Crippen molar-refractivity contribution >= 4 is 15.2 Å². The van der Waals surface area contributed by atoms with Gasteiger partial charge in [0.25, 0.3) is 0 Å². The highest BCUT2D eigenvalue weighted by atomic mass is 31.0. The van der Waals surface area contributed by atoms with Gasteiger partial charge in [-0.2, -0.15) is 13.2 Å². The normalized spacial score (nSPS) is 16.8. The summed E-state index contributed by atoms with van der Waals surface area (Å²) in [6.45, 7) is 5.76. The molecule has 0 spiro atoms. The Morgan fingerprint density at radius 3 is 1.94 bits per heavy atom. The first-order valence-electron chi connectivity index (χ1n) is 4.86. The maximum Gasteiger partial charge on any atom is 0.422 e. The predicted octanol–water partition coefficient (Wildman–Crippen LogP) is 3.16. The first-order valence-corrected chi connectivity index (χ1v) is 5.44. The molecule has 16 heavy (non-hydrogen) atoms. The van der Waals surface area contributed by atoms with Gasteiger partial charge in [-0.15, -0.1) is 9.24 Å². The quantitative estimate of drug-likeness (QED) is 0.574. The second-order valence-electron chi connectivity index (χ2n) is 5.35. The highest BCUT2D eigenvalue weighted by Crippen LogP contribution is 2.34. The van der Waals surface area contributed by atoms with Crippen LogP contribution in [0.3, 0.4) is 0 Å². The molecule has 0 aromatic rings. The van der Waals surface area contributed by atoms with E-state index in [2.05, 4.69) is 14.0 Å². The average molecular weight is 258 g/mol. The molecule has 0 fully saturated rings. The monoisotopic (exact) mass is 258 g/mol. The zero-order valence-corrected chi connectivity index (χ0v) is 11.1. The molecule has 0 radical (unpaired) electrons. The fraction of sp³-hybridized carbons (Fsp3) is 0.900. The second-order valence-corrected chi connectivity index (χ2v) is 6.62. The minimum atomic E-state index is -4.47. The Balaban J connectivity index is 4.37. The van der Waals surface area contributed by atoms with Gasteiger partial charge >= 0.3 is 12.1 Å². The van der Waals surface area contributed by atoms with Gasteiger partial charge in [-0.25, -0.2) is 0 Å². The smallest absolute Gasteiger partial charge is 0.422 e. The Hall–Kier alpha value is -0.310. The van der Waals surface area contributed by atoms with Crippen LogP contribution in [0.2, 0.25) is 0 Å². The fourth-order valence-electron chi connectivity index (χ4n) is 1.49. The van der Waals surface area contributed by atoms with Crippen molar-refractivity contribution in [1.29, 1.82) is 0 Å². The van der Waals surface area contributed by atoms with E-state index in [1.54, 1.807) is 6.92 Å². The summed E-state index contributed by atoms with van der Waals surface area (Å²) in [5.74, 6) is -0.843. The largest absolute Gasteiger partial charge is 0.455 e. The predicted molar refractivity (Wildman–Crippen MR) is 59.2 cm³/mol. The molecule has 6 heteroatoms. The molecule has 0 rings (SSSR count). The molecule has 2 atom stereocenters.